The van der Waals surface area contributed by atoms with Crippen LogP contribution in [0.4, 0.5) is 0 Å². The quantitative estimate of drug-likeness (QED) is 0.594. The Morgan fingerprint density at radius 3 is 0.750 bits per heavy atom. The van der Waals surface area contributed by atoms with Crippen LogP contribution in [-0.2, 0) is 0 Å². The fourth-order valence-electron chi connectivity index (χ4n) is 0. The summed E-state index contributed by atoms with van der Waals surface area (Å²) in [5.41, 5.74) is 0. The molecule has 0 bridgehead atoms. The van der Waals surface area contributed by atoms with Crippen molar-refractivity contribution in [1.82, 2.24) is 0 Å². The largest absolute Gasteiger partial charge is 0.197 e. The summed E-state index contributed by atoms with van der Waals surface area (Å²) >= 11 is 0. The van der Waals surface area contributed by atoms with Gasteiger partial charge in [-0.2, -0.15) is 27.0 Å². The van der Waals surface area contributed by atoms with Crippen LogP contribution in [0.1, 0.15) is 1.43 Å². The number of hydrogen-bond donors (Lipinski definition) is 0. The van der Waals surface area contributed by atoms with E-state index in [4.69, 9.17) is 0 Å². The molecule has 0 spiro atoms. The van der Waals surface area contributed by atoms with Gasteiger partial charge in [-0.05, 0) is 0 Å². The molecule has 0 aliphatic carbocycles. The highest BCUT2D eigenvalue weighted by molar-refractivity contribution is 14.0. The predicted octanol–water partition coefficient (Wildman–Crippen LogP) is 1.71. The van der Waals surface area contributed by atoms with Gasteiger partial charge < -0.3 is 0 Å². The van der Waals surface area contributed by atoms with Crippen LogP contribution in [0.15, 0.2) is 0 Å². The summed E-state index contributed by atoms with van der Waals surface area (Å²) in [6, 6.07) is 0. The molecule has 0 fully saturated rings. The summed E-state index contributed by atoms with van der Waals surface area (Å²) in [6.07, 6.45) is 0. The first-order valence-corrected chi connectivity index (χ1v) is 0. The second kappa shape index (κ2) is 19.1. The van der Waals surface area contributed by atoms with Gasteiger partial charge in [0.2, 0.25) is 0 Å². The van der Waals surface area contributed by atoms with Crippen LogP contribution < -0.4 is 0 Å². The van der Waals surface area contributed by atoms with Crippen molar-refractivity contribution < 1.29 is 1.43 Å². The van der Waals surface area contributed by atoms with E-state index in [2.05, 4.69) is 0 Å². The van der Waals surface area contributed by atoms with Crippen LogP contribution in [0, 0.1) is 0 Å². The minimum absolute atomic E-state index is 0. The molecule has 0 radical (unpaired) electrons. The lowest BCUT2D eigenvalue weighted by Crippen LogP contribution is 0.647. The first kappa shape index (κ1) is 35.2. The normalized spacial score (nSPS) is 0. The monoisotopic (exact) mass is 328 g/mol. The Morgan fingerprint density at radius 2 is 0.750 bits per heavy atom. The lowest BCUT2D eigenvalue weighted by Gasteiger charge is -0.198. The Labute approximate surface area is 75.5 Å². The van der Waals surface area contributed by atoms with E-state index in [1.807, 2.05) is 0 Å². The number of rotatable bonds is 0. The highest BCUT2D eigenvalue weighted by atomic mass is 127. The van der Waals surface area contributed by atoms with Gasteiger partial charge in [0.1, 0.15) is 0 Å². The molecule has 4 heavy (non-hydrogen) atoms. The third-order valence-corrected chi connectivity index (χ3v) is 0. The maximum Gasteiger partial charge on any atom is 0 e. The van der Waals surface area contributed by atoms with Crippen LogP contribution in [-0.4, -0.2) is 0 Å². The first-order valence-electron chi connectivity index (χ1n) is 0. The molecule has 0 heterocycles. The molecule has 0 unspecified atom stereocenters. The van der Waals surface area contributed by atoms with Gasteiger partial charge in [0, 0.05) is 1.43 Å². The van der Waals surface area contributed by atoms with Crippen molar-refractivity contribution in [2.24, 2.45) is 0 Å². The standard InChI is InChI=1S/2HI.2H2S.H2/h2*1H;2*1H2;1H/i;;;;1+2. The van der Waals surface area contributed by atoms with Gasteiger partial charge in [-0.25, -0.2) is 0 Å². The average Bonchev–Trinajstić information content (AvgIpc) is 0. The van der Waals surface area contributed by atoms with Crippen LogP contribution >= 0.6 is 74.9 Å². The van der Waals surface area contributed by atoms with E-state index in [1.165, 1.54) is 0 Å². The van der Waals surface area contributed by atoms with Crippen molar-refractivity contribution in [1.29, 1.82) is 0 Å². The van der Waals surface area contributed by atoms with E-state index in [0.29, 0.717) is 0 Å². The average molecular weight is 328 g/mol. The molecule has 0 saturated carbocycles. The van der Waals surface area contributed by atoms with Crippen molar-refractivity contribution in [3.63, 3.8) is 0 Å². The lowest BCUT2D eigenvalue weighted by molar-refractivity contribution is 7.59. The van der Waals surface area contributed by atoms with Gasteiger partial charge in [0.05, 0.1) is 0 Å². The molecular weight excluding hydrogens is 318 g/mol. The van der Waals surface area contributed by atoms with Crippen molar-refractivity contribution in [3.05, 3.63) is 0 Å². The zero-order valence-corrected chi connectivity index (χ0v) is 8.48. The fraction of sp³-hybridized carbons (Fsp3) is 0. The molecule has 0 N–H and O–H groups in total. The number of halogens is 2. The molecule has 0 aromatic rings. The van der Waals surface area contributed by atoms with E-state index in [-0.39, 0.29) is 76.4 Å². The van der Waals surface area contributed by atoms with Gasteiger partial charge in [0.15, 0.2) is 0 Å². The second-order valence-corrected chi connectivity index (χ2v) is 0. The summed E-state index contributed by atoms with van der Waals surface area (Å²) in [6.45, 7) is 0. The lowest BCUT2D eigenvalue weighted by atomic mass is 32.1. The molecule has 34 valence electrons. The Morgan fingerprint density at radius 1 is 0.750 bits per heavy atom. The zero-order valence-electron chi connectivity index (χ0n) is 1.82. The molecule has 0 saturated heterocycles. The third kappa shape index (κ3) is 8.90. The Hall–Kier alpha value is 2.16. The number of hydrogen-bond acceptors (Lipinski definition) is 0. The fourth-order valence-corrected chi connectivity index (χ4v) is 0. The van der Waals surface area contributed by atoms with Gasteiger partial charge in [0.25, 0.3) is 0 Å². The molecule has 0 amide bonds. The van der Waals surface area contributed by atoms with Crippen LogP contribution in [0.25, 0.3) is 0 Å². The van der Waals surface area contributed by atoms with Gasteiger partial charge in [-0.1, -0.05) is 0 Å². The minimum Gasteiger partial charge on any atom is -0.197 e. The Balaban J connectivity index is 0. The summed E-state index contributed by atoms with van der Waals surface area (Å²) < 4.78 is 0. The molecule has 4 heteroatoms. The van der Waals surface area contributed by atoms with Crippen molar-refractivity contribution in [2.75, 3.05) is 0 Å². The van der Waals surface area contributed by atoms with Crippen LogP contribution in [0.2, 0.25) is 0 Å². The van der Waals surface area contributed by atoms with Crippen LogP contribution in [0.5, 0.6) is 0 Å². The topological polar surface area (TPSA) is 0 Å². The van der Waals surface area contributed by atoms with Crippen molar-refractivity contribution >= 4 is 74.9 Å². The predicted molar refractivity (Wildman–Crippen MR) is 53.7 cm³/mol. The highest BCUT2D eigenvalue weighted by Crippen LogP contribution is 0.887. The van der Waals surface area contributed by atoms with E-state index >= 15 is 0 Å². The smallest absolute Gasteiger partial charge is 0 e. The molecule has 0 nitrogen and oxygen atoms in total. The van der Waals surface area contributed by atoms with Gasteiger partial charge in [-0.15, -0.1) is 48.0 Å². The Bertz CT molecular complexity index is 7.61. The summed E-state index contributed by atoms with van der Waals surface area (Å²) in [7, 11) is 0. The maximum absolute atomic E-state index is 0. The van der Waals surface area contributed by atoms with Gasteiger partial charge >= 0.3 is 0 Å². The van der Waals surface area contributed by atoms with E-state index in [9.17, 15) is 0 Å². The van der Waals surface area contributed by atoms with Gasteiger partial charge in [-0.3, -0.25) is 0 Å². The first-order chi connectivity index (χ1) is 0. The molecule has 0 aromatic carbocycles. The second-order valence-electron chi connectivity index (χ2n) is 0. The summed E-state index contributed by atoms with van der Waals surface area (Å²) in [4.78, 5) is 0. The molecular formula is H8I2S2. The third-order valence-electron chi connectivity index (χ3n) is 0. The SMILES string of the molecule is I.I.S.S.[3HH]. The maximum atomic E-state index is 0. The van der Waals surface area contributed by atoms with Crippen molar-refractivity contribution in [3.8, 4) is 0 Å². The molecule has 0 rings (SSSR count). The molecule has 0 atom stereocenters. The Kier molecular flexibility index (Phi) is 168. The molecule has 0 aromatic heterocycles. The van der Waals surface area contributed by atoms with E-state index in [0.717, 1.165) is 0 Å². The minimum atomic E-state index is 0. The van der Waals surface area contributed by atoms with E-state index < -0.39 is 0 Å². The summed E-state index contributed by atoms with van der Waals surface area (Å²) in [5, 5.41) is 0. The van der Waals surface area contributed by atoms with E-state index in [1.54, 1.807) is 0 Å². The molecule has 0 aliphatic rings. The van der Waals surface area contributed by atoms with Crippen LogP contribution in [0.3, 0.4) is 0 Å². The summed E-state index contributed by atoms with van der Waals surface area (Å²) in [5.74, 6) is 0. The van der Waals surface area contributed by atoms with Crippen molar-refractivity contribution in [2.45, 2.75) is 0 Å². The molecule has 0 aliphatic heterocycles. The highest BCUT2D eigenvalue weighted by Gasteiger charge is -0.106. The zero-order chi connectivity index (χ0) is 0.